The lowest BCUT2D eigenvalue weighted by Crippen LogP contribution is -2.50. The lowest BCUT2D eigenvalue weighted by atomic mass is 10.2. The molecule has 1 fully saturated rings. The quantitative estimate of drug-likeness (QED) is 0.780. The monoisotopic (exact) mass is 371 g/mol. The second kappa shape index (κ2) is 9.17. The van der Waals surface area contributed by atoms with Crippen molar-refractivity contribution in [3.05, 3.63) is 70.7 Å². The van der Waals surface area contributed by atoms with E-state index in [4.69, 9.17) is 11.6 Å². The second-order valence-electron chi connectivity index (χ2n) is 6.94. The highest BCUT2D eigenvalue weighted by molar-refractivity contribution is 6.30. The minimum Gasteiger partial charge on any atom is -0.339 e. The first-order valence-electron chi connectivity index (χ1n) is 9.07. The van der Waals surface area contributed by atoms with Gasteiger partial charge in [-0.1, -0.05) is 54.1 Å². The van der Waals surface area contributed by atoms with Crippen molar-refractivity contribution in [2.24, 2.45) is 0 Å². The fraction of sp³-hybridized carbons (Fsp3) is 0.381. The Hall–Kier alpha value is -1.88. The van der Waals surface area contributed by atoms with Crippen molar-refractivity contribution in [1.82, 2.24) is 14.7 Å². The molecule has 0 bridgehead atoms. The van der Waals surface area contributed by atoms with E-state index in [-0.39, 0.29) is 5.91 Å². The first-order valence-corrected chi connectivity index (χ1v) is 9.45. The van der Waals surface area contributed by atoms with E-state index < -0.39 is 0 Å². The largest absolute Gasteiger partial charge is 0.339 e. The van der Waals surface area contributed by atoms with Gasteiger partial charge in [-0.05, 0) is 30.3 Å². The van der Waals surface area contributed by atoms with Crippen LogP contribution in [0.15, 0.2) is 54.6 Å². The van der Waals surface area contributed by atoms with Crippen molar-refractivity contribution in [2.45, 2.75) is 13.1 Å². The first-order chi connectivity index (χ1) is 12.6. The van der Waals surface area contributed by atoms with Crippen molar-refractivity contribution in [3.8, 4) is 0 Å². The van der Waals surface area contributed by atoms with Gasteiger partial charge in [-0.2, -0.15) is 0 Å². The maximum Gasteiger partial charge on any atom is 0.236 e. The third kappa shape index (κ3) is 5.56. The van der Waals surface area contributed by atoms with Crippen LogP contribution in [0.3, 0.4) is 0 Å². The highest BCUT2D eigenvalue weighted by atomic mass is 35.5. The van der Waals surface area contributed by atoms with Gasteiger partial charge < -0.3 is 4.90 Å². The number of nitrogens with zero attached hydrogens (tertiary/aromatic N) is 3. The van der Waals surface area contributed by atoms with Crippen molar-refractivity contribution in [3.63, 3.8) is 0 Å². The number of likely N-dealkylation sites (N-methyl/N-ethyl adjacent to an activating group) is 1. The number of piperazine rings is 1. The summed E-state index contributed by atoms with van der Waals surface area (Å²) < 4.78 is 0. The van der Waals surface area contributed by atoms with Gasteiger partial charge >= 0.3 is 0 Å². The Morgan fingerprint density at radius 1 is 1.00 bits per heavy atom. The molecule has 26 heavy (non-hydrogen) atoms. The fourth-order valence-corrected chi connectivity index (χ4v) is 3.54. The van der Waals surface area contributed by atoms with Crippen LogP contribution in [0.5, 0.6) is 0 Å². The minimum atomic E-state index is 0.214. The number of rotatable bonds is 6. The molecule has 0 atom stereocenters. The summed E-state index contributed by atoms with van der Waals surface area (Å²) in [6.07, 6.45) is 0. The van der Waals surface area contributed by atoms with E-state index >= 15 is 0 Å². The average molecular weight is 372 g/mol. The number of carbonyl (C=O) groups excluding carboxylic acids is 1. The molecule has 0 N–H and O–H groups in total. The summed E-state index contributed by atoms with van der Waals surface area (Å²) in [5, 5.41) is 0.776. The minimum absolute atomic E-state index is 0.214. The van der Waals surface area contributed by atoms with Gasteiger partial charge in [-0.25, -0.2) is 0 Å². The maximum atomic E-state index is 12.6. The summed E-state index contributed by atoms with van der Waals surface area (Å²) in [4.78, 5) is 19.0. The molecule has 4 nitrogen and oxygen atoms in total. The third-order valence-electron chi connectivity index (χ3n) is 4.72. The zero-order chi connectivity index (χ0) is 18.4. The standard InChI is InChI=1S/C21H26ClN3O/c1-23(15-18-6-3-2-4-7-18)17-21(26)25-12-10-24(11-13-25)16-19-8-5-9-20(22)14-19/h2-9,14H,10-13,15-17H2,1H3. The van der Waals surface area contributed by atoms with Gasteiger partial charge in [0.25, 0.3) is 0 Å². The first kappa shape index (κ1) is 18.9. The molecule has 138 valence electrons. The Kier molecular flexibility index (Phi) is 6.67. The van der Waals surface area contributed by atoms with Gasteiger partial charge in [0.15, 0.2) is 0 Å². The normalized spacial score (nSPS) is 15.4. The molecular weight excluding hydrogens is 346 g/mol. The molecule has 0 radical (unpaired) electrons. The lowest BCUT2D eigenvalue weighted by Gasteiger charge is -2.35. The highest BCUT2D eigenvalue weighted by Gasteiger charge is 2.22. The van der Waals surface area contributed by atoms with Crippen LogP contribution in [0, 0.1) is 0 Å². The molecule has 2 aromatic carbocycles. The number of hydrogen-bond donors (Lipinski definition) is 0. The summed E-state index contributed by atoms with van der Waals surface area (Å²) >= 11 is 6.06. The lowest BCUT2D eigenvalue weighted by molar-refractivity contribution is -0.134. The topological polar surface area (TPSA) is 26.8 Å². The molecule has 1 saturated heterocycles. The molecule has 0 aliphatic carbocycles. The Morgan fingerprint density at radius 2 is 1.69 bits per heavy atom. The van der Waals surface area contributed by atoms with E-state index in [1.165, 1.54) is 11.1 Å². The van der Waals surface area contributed by atoms with Gasteiger partial charge in [-0.3, -0.25) is 14.6 Å². The number of hydrogen-bond acceptors (Lipinski definition) is 3. The number of amides is 1. The zero-order valence-corrected chi connectivity index (χ0v) is 16.0. The van der Waals surface area contributed by atoms with Crippen molar-refractivity contribution in [1.29, 1.82) is 0 Å². The second-order valence-corrected chi connectivity index (χ2v) is 7.38. The number of halogens is 1. The van der Waals surface area contributed by atoms with Crippen LogP contribution in [0.1, 0.15) is 11.1 Å². The van der Waals surface area contributed by atoms with Gasteiger partial charge in [0.05, 0.1) is 6.54 Å². The maximum absolute atomic E-state index is 12.6. The highest BCUT2D eigenvalue weighted by Crippen LogP contribution is 2.14. The fourth-order valence-electron chi connectivity index (χ4n) is 3.33. The predicted molar refractivity (Wildman–Crippen MR) is 106 cm³/mol. The Morgan fingerprint density at radius 3 is 2.38 bits per heavy atom. The van der Waals surface area contributed by atoms with Crippen LogP contribution in [0.4, 0.5) is 0 Å². The SMILES string of the molecule is CN(CC(=O)N1CCN(Cc2cccc(Cl)c2)CC1)Cc1ccccc1. The predicted octanol–water partition coefficient (Wildman–Crippen LogP) is 3.12. The van der Waals surface area contributed by atoms with Gasteiger partial charge in [0.2, 0.25) is 5.91 Å². The Labute approximate surface area is 161 Å². The van der Waals surface area contributed by atoms with Crippen LogP contribution < -0.4 is 0 Å². The van der Waals surface area contributed by atoms with E-state index in [1.54, 1.807) is 0 Å². The molecule has 2 aromatic rings. The number of carbonyl (C=O) groups is 1. The van der Waals surface area contributed by atoms with Crippen LogP contribution in [-0.4, -0.2) is 60.4 Å². The molecule has 0 aromatic heterocycles. The van der Waals surface area contributed by atoms with E-state index in [9.17, 15) is 4.79 Å². The molecular formula is C21H26ClN3O. The third-order valence-corrected chi connectivity index (χ3v) is 4.96. The van der Waals surface area contributed by atoms with Crippen molar-refractivity contribution < 1.29 is 4.79 Å². The zero-order valence-electron chi connectivity index (χ0n) is 15.3. The summed E-state index contributed by atoms with van der Waals surface area (Å²) in [5.74, 6) is 0.214. The Balaban J connectivity index is 1.43. The smallest absolute Gasteiger partial charge is 0.236 e. The molecule has 3 rings (SSSR count). The van der Waals surface area contributed by atoms with Crippen LogP contribution in [-0.2, 0) is 17.9 Å². The molecule has 0 spiro atoms. The van der Waals surface area contributed by atoms with Gasteiger partial charge in [0, 0.05) is 44.3 Å². The molecule has 0 saturated carbocycles. The summed E-state index contributed by atoms with van der Waals surface area (Å²) in [5.41, 5.74) is 2.45. The number of benzene rings is 2. The molecule has 1 aliphatic rings. The van der Waals surface area contributed by atoms with Crippen LogP contribution >= 0.6 is 11.6 Å². The van der Waals surface area contributed by atoms with E-state index in [2.05, 4.69) is 28.0 Å². The summed E-state index contributed by atoms with van der Waals surface area (Å²) in [6, 6.07) is 18.3. The average Bonchev–Trinajstić information content (AvgIpc) is 2.63. The molecule has 5 heteroatoms. The van der Waals surface area contributed by atoms with Crippen LogP contribution in [0.25, 0.3) is 0 Å². The Bertz CT molecular complexity index is 714. The van der Waals surface area contributed by atoms with Gasteiger partial charge in [0.1, 0.15) is 0 Å². The summed E-state index contributed by atoms with van der Waals surface area (Å²) in [6.45, 7) is 5.53. The van der Waals surface area contributed by atoms with Crippen LogP contribution in [0.2, 0.25) is 5.02 Å². The van der Waals surface area contributed by atoms with E-state index in [1.807, 2.05) is 48.3 Å². The molecule has 1 aliphatic heterocycles. The van der Waals surface area contributed by atoms with Crippen molar-refractivity contribution in [2.75, 3.05) is 39.8 Å². The van der Waals surface area contributed by atoms with Crippen molar-refractivity contribution >= 4 is 17.5 Å². The summed E-state index contributed by atoms with van der Waals surface area (Å²) in [7, 11) is 2.00. The van der Waals surface area contributed by atoms with E-state index in [0.29, 0.717) is 6.54 Å². The van der Waals surface area contributed by atoms with E-state index in [0.717, 1.165) is 44.3 Å². The molecule has 1 amide bonds. The molecule has 1 heterocycles. The van der Waals surface area contributed by atoms with Gasteiger partial charge in [-0.15, -0.1) is 0 Å². The molecule has 0 unspecified atom stereocenters.